The standard InChI is InChI=1S/C16H22N4O2S2/c1-9-13(24-15(19-9)10(2)22-3)14(21)20-16-18-8-12(23-16)11-4-6-17-7-5-11/h8,10-11,17H,4-7H2,1-3H3,(H,18,20,21). The molecule has 0 aliphatic carbocycles. The second kappa shape index (κ2) is 7.69. The predicted molar refractivity (Wildman–Crippen MR) is 97.2 cm³/mol. The monoisotopic (exact) mass is 366 g/mol. The summed E-state index contributed by atoms with van der Waals surface area (Å²) < 4.78 is 5.27. The molecule has 8 heteroatoms. The van der Waals surface area contributed by atoms with E-state index in [0.717, 1.165) is 36.6 Å². The van der Waals surface area contributed by atoms with Gasteiger partial charge in [-0.3, -0.25) is 10.1 Å². The highest BCUT2D eigenvalue weighted by Gasteiger charge is 2.21. The van der Waals surface area contributed by atoms with Crippen LogP contribution in [0.3, 0.4) is 0 Å². The summed E-state index contributed by atoms with van der Waals surface area (Å²) in [5.74, 6) is 0.402. The third-order valence-electron chi connectivity index (χ3n) is 4.21. The maximum atomic E-state index is 12.5. The van der Waals surface area contributed by atoms with Gasteiger partial charge in [-0.1, -0.05) is 0 Å². The Morgan fingerprint density at radius 2 is 2.17 bits per heavy atom. The third kappa shape index (κ3) is 3.83. The van der Waals surface area contributed by atoms with Crippen molar-refractivity contribution in [1.82, 2.24) is 15.3 Å². The van der Waals surface area contributed by atoms with E-state index in [1.807, 2.05) is 20.0 Å². The smallest absolute Gasteiger partial charge is 0.269 e. The van der Waals surface area contributed by atoms with Crippen LogP contribution in [0.5, 0.6) is 0 Å². The Balaban J connectivity index is 1.69. The highest BCUT2D eigenvalue weighted by atomic mass is 32.1. The summed E-state index contributed by atoms with van der Waals surface area (Å²) in [7, 11) is 1.64. The largest absolute Gasteiger partial charge is 0.375 e. The van der Waals surface area contributed by atoms with E-state index >= 15 is 0 Å². The van der Waals surface area contributed by atoms with E-state index in [0.29, 0.717) is 15.9 Å². The second-order valence-electron chi connectivity index (χ2n) is 5.89. The Bertz CT molecular complexity index is 707. The summed E-state index contributed by atoms with van der Waals surface area (Å²) in [6.45, 7) is 5.86. The van der Waals surface area contributed by atoms with Crippen LogP contribution in [0, 0.1) is 6.92 Å². The molecular weight excluding hydrogens is 344 g/mol. The molecule has 2 N–H and O–H groups in total. The average molecular weight is 367 g/mol. The number of nitrogens with one attached hydrogen (secondary N) is 2. The van der Waals surface area contributed by atoms with Crippen molar-refractivity contribution in [3.05, 3.63) is 26.7 Å². The number of piperidine rings is 1. The lowest BCUT2D eigenvalue weighted by Gasteiger charge is -2.20. The second-order valence-corrected chi connectivity index (χ2v) is 7.98. The van der Waals surface area contributed by atoms with Crippen molar-refractivity contribution < 1.29 is 9.53 Å². The van der Waals surface area contributed by atoms with Crippen LogP contribution in [-0.2, 0) is 4.74 Å². The van der Waals surface area contributed by atoms with Crippen LogP contribution >= 0.6 is 22.7 Å². The number of nitrogens with zero attached hydrogens (tertiary/aromatic N) is 2. The van der Waals surface area contributed by atoms with E-state index in [2.05, 4.69) is 20.6 Å². The molecule has 3 rings (SSSR count). The molecule has 1 fully saturated rings. The first kappa shape index (κ1) is 17.5. The molecular formula is C16H22N4O2S2. The van der Waals surface area contributed by atoms with Crippen LogP contribution in [-0.4, -0.2) is 36.1 Å². The van der Waals surface area contributed by atoms with E-state index in [-0.39, 0.29) is 12.0 Å². The maximum absolute atomic E-state index is 12.5. The topological polar surface area (TPSA) is 76.1 Å². The lowest BCUT2D eigenvalue weighted by molar-refractivity contribution is 0.102. The minimum atomic E-state index is -0.147. The molecule has 24 heavy (non-hydrogen) atoms. The Kier molecular flexibility index (Phi) is 5.60. The van der Waals surface area contributed by atoms with Crippen LogP contribution in [0.4, 0.5) is 5.13 Å². The zero-order valence-corrected chi connectivity index (χ0v) is 15.7. The lowest BCUT2D eigenvalue weighted by Crippen LogP contribution is -2.26. The van der Waals surface area contributed by atoms with Crippen LogP contribution in [0.15, 0.2) is 6.20 Å². The van der Waals surface area contributed by atoms with Gasteiger partial charge in [-0.2, -0.15) is 0 Å². The summed E-state index contributed by atoms with van der Waals surface area (Å²) in [6.07, 6.45) is 4.04. The number of thiazole rings is 2. The molecule has 2 aromatic rings. The number of anilines is 1. The predicted octanol–water partition coefficient (Wildman–Crippen LogP) is 3.33. The van der Waals surface area contributed by atoms with Crippen LogP contribution in [0.25, 0.3) is 0 Å². The summed E-state index contributed by atoms with van der Waals surface area (Å²) in [6, 6.07) is 0. The molecule has 1 aliphatic heterocycles. The number of aryl methyl sites for hydroxylation is 1. The van der Waals surface area contributed by atoms with Gasteiger partial charge in [-0.05, 0) is 45.7 Å². The molecule has 130 valence electrons. The third-order valence-corrected chi connectivity index (χ3v) is 6.60. The van der Waals surface area contributed by atoms with Crippen molar-refractivity contribution in [3.8, 4) is 0 Å². The summed E-state index contributed by atoms with van der Waals surface area (Å²) in [5, 5.41) is 7.75. The fourth-order valence-corrected chi connectivity index (χ4v) is 4.67. The van der Waals surface area contributed by atoms with Crippen molar-refractivity contribution in [1.29, 1.82) is 0 Å². The average Bonchev–Trinajstić information content (AvgIpc) is 3.21. The van der Waals surface area contributed by atoms with Gasteiger partial charge >= 0.3 is 0 Å². The van der Waals surface area contributed by atoms with E-state index in [9.17, 15) is 4.79 Å². The van der Waals surface area contributed by atoms with E-state index in [4.69, 9.17) is 4.74 Å². The van der Waals surface area contributed by atoms with Crippen LogP contribution in [0.1, 0.15) is 57.0 Å². The quantitative estimate of drug-likeness (QED) is 0.849. The first-order chi connectivity index (χ1) is 11.6. The first-order valence-electron chi connectivity index (χ1n) is 8.06. The zero-order valence-electron chi connectivity index (χ0n) is 14.1. The number of amides is 1. The molecule has 1 amide bonds. The van der Waals surface area contributed by atoms with Gasteiger partial charge in [-0.15, -0.1) is 22.7 Å². The van der Waals surface area contributed by atoms with E-state index in [1.165, 1.54) is 16.2 Å². The highest BCUT2D eigenvalue weighted by molar-refractivity contribution is 7.16. The normalized spacial score (nSPS) is 17.0. The summed E-state index contributed by atoms with van der Waals surface area (Å²) >= 11 is 2.95. The number of carbonyl (C=O) groups is 1. The van der Waals surface area contributed by atoms with Gasteiger partial charge in [-0.25, -0.2) is 9.97 Å². The van der Waals surface area contributed by atoms with Gasteiger partial charge in [0, 0.05) is 18.2 Å². The molecule has 0 aromatic carbocycles. The lowest BCUT2D eigenvalue weighted by atomic mass is 9.97. The molecule has 2 aromatic heterocycles. The van der Waals surface area contributed by atoms with Crippen molar-refractivity contribution >= 4 is 33.7 Å². The molecule has 0 saturated carbocycles. The van der Waals surface area contributed by atoms with Gasteiger partial charge in [0.25, 0.3) is 5.91 Å². The SMILES string of the molecule is COC(C)c1nc(C)c(C(=O)Nc2ncc(C3CCNCC3)s2)s1. The number of aromatic nitrogens is 2. The first-order valence-corrected chi connectivity index (χ1v) is 9.69. The van der Waals surface area contributed by atoms with E-state index < -0.39 is 0 Å². The number of methoxy groups -OCH3 is 1. The fourth-order valence-electron chi connectivity index (χ4n) is 2.70. The van der Waals surface area contributed by atoms with Gasteiger partial charge in [0.1, 0.15) is 16.0 Å². The molecule has 1 saturated heterocycles. The minimum Gasteiger partial charge on any atom is -0.375 e. The van der Waals surface area contributed by atoms with Crippen molar-refractivity contribution in [3.63, 3.8) is 0 Å². The molecule has 1 atom stereocenters. The Morgan fingerprint density at radius 3 is 2.88 bits per heavy atom. The Hall–Kier alpha value is -1.35. The van der Waals surface area contributed by atoms with Gasteiger partial charge in [0.15, 0.2) is 5.13 Å². The highest BCUT2D eigenvalue weighted by Crippen LogP contribution is 2.32. The Labute approximate surface area is 149 Å². The number of rotatable bonds is 5. The number of carbonyl (C=O) groups excluding carboxylic acids is 1. The van der Waals surface area contributed by atoms with Gasteiger partial charge < -0.3 is 10.1 Å². The number of ether oxygens (including phenoxy) is 1. The zero-order chi connectivity index (χ0) is 17.1. The number of hydrogen-bond donors (Lipinski definition) is 2. The fraction of sp³-hybridized carbons (Fsp3) is 0.562. The molecule has 1 aliphatic rings. The van der Waals surface area contributed by atoms with Crippen LogP contribution < -0.4 is 10.6 Å². The van der Waals surface area contributed by atoms with Crippen molar-refractivity contribution in [2.24, 2.45) is 0 Å². The van der Waals surface area contributed by atoms with Crippen molar-refractivity contribution in [2.75, 3.05) is 25.5 Å². The molecule has 6 nitrogen and oxygen atoms in total. The van der Waals surface area contributed by atoms with Gasteiger partial charge in [0.2, 0.25) is 0 Å². The molecule has 0 bridgehead atoms. The molecule has 3 heterocycles. The Morgan fingerprint density at radius 1 is 1.42 bits per heavy atom. The maximum Gasteiger partial charge on any atom is 0.269 e. The number of hydrogen-bond acceptors (Lipinski definition) is 7. The van der Waals surface area contributed by atoms with E-state index in [1.54, 1.807) is 18.4 Å². The van der Waals surface area contributed by atoms with Crippen LogP contribution in [0.2, 0.25) is 0 Å². The molecule has 1 unspecified atom stereocenters. The summed E-state index contributed by atoms with van der Waals surface area (Å²) in [4.78, 5) is 23.2. The van der Waals surface area contributed by atoms with Crippen molar-refractivity contribution in [2.45, 2.75) is 38.7 Å². The minimum absolute atomic E-state index is 0.110. The summed E-state index contributed by atoms with van der Waals surface area (Å²) in [5.41, 5.74) is 0.728. The molecule has 0 radical (unpaired) electrons. The molecule has 0 spiro atoms. The van der Waals surface area contributed by atoms with Gasteiger partial charge in [0.05, 0.1) is 5.69 Å².